The molecule has 3 aromatic rings. The van der Waals surface area contributed by atoms with E-state index in [2.05, 4.69) is 21.3 Å². The highest BCUT2D eigenvalue weighted by atomic mass is 16.5. The number of methoxy groups -OCH3 is 1. The van der Waals surface area contributed by atoms with E-state index in [0.29, 0.717) is 30.0 Å². The van der Waals surface area contributed by atoms with Crippen molar-refractivity contribution in [1.29, 1.82) is 0 Å². The quantitative estimate of drug-likeness (QED) is 0.377. The second-order valence-corrected chi connectivity index (χ2v) is 7.06. The van der Waals surface area contributed by atoms with Gasteiger partial charge < -0.3 is 25.1 Å². The second-order valence-electron chi connectivity index (χ2n) is 7.06. The zero-order valence-electron chi connectivity index (χ0n) is 18.2. The van der Waals surface area contributed by atoms with Crippen molar-refractivity contribution in [2.75, 3.05) is 25.5 Å². The highest BCUT2D eigenvalue weighted by Crippen LogP contribution is 2.15. The number of para-hydroxylation sites is 1. The highest BCUT2D eigenvalue weighted by Gasteiger charge is 2.13. The first kappa shape index (κ1) is 23.4. The van der Waals surface area contributed by atoms with Gasteiger partial charge in [0, 0.05) is 12.2 Å². The summed E-state index contributed by atoms with van der Waals surface area (Å²) in [6, 6.07) is 17.3. The van der Waals surface area contributed by atoms with Gasteiger partial charge in [-0.05, 0) is 48.4 Å². The number of carbonyl (C=O) groups excluding carboxylic acids is 3. The normalized spacial score (nSPS) is 10.2. The van der Waals surface area contributed by atoms with Crippen molar-refractivity contribution in [3.8, 4) is 5.75 Å². The lowest BCUT2D eigenvalue weighted by Crippen LogP contribution is -2.41. The highest BCUT2D eigenvalue weighted by molar-refractivity contribution is 6.01. The minimum absolute atomic E-state index is 0.166. The van der Waals surface area contributed by atoms with E-state index in [1.54, 1.807) is 43.5 Å². The monoisotopic (exact) mass is 450 g/mol. The Morgan fingerprint density at radius 3 is 2.45 bits per heavy atom. The molecule has 172 valence electrons. The van der Waals surface area contributed by atoms with E-state index in [0.717, 1.165) is 11.3 Å². The molecule has 1 aromatic heterocycles. The lowest BCUT2D eigenvalue weighted by atomic mass is 10.1. The molecule has 3 rings (SSSR count). The maximum Gasteiger partial charge on any atom is 0.321 e. The van der Waals surface area contributed by atoms with Gasteiger partial charge in [-0.3, -0.25) is 14.9 Å². The molecule has 1 heterocycles. The summed E-state index contributed by atoms with van der Waals surface area (Å²) in [7, 11) is 1.61. The molecule has 0 radical (unpaired) electrons. The maximum absolute atomic E-state index is 12.6. The van der Waals surface area contributed by atoms with Gasteiger partial charge in [-0.25, -0.2) is 4.79 Å². The molecule has 2 aromatic carbocycles. The number of hydrogen-bond acceptors (Lipinski definition) is 6. The van der Waals surface area contributed by atoms with Gasteiger partial charge in [0.1, 0.15) is 11.5 Å². The van der Waals surface area contributed by atoms with Gasteiger partial charge in [0.15, 0.2) is 0 Å². The van der Waals surface area contributed by atoms with Crippen molar-refractivity contribution in [3.63, 3.8) is 0 Å². The molecule has 0 aliphatic rings. The number of rotatable bonds is 10. The Hall–Kier alpha value is -4.27. The molecule has 0 unspecified atom stereocenters. The van der Waals surface area contributed by atoms with Crippen molar-refractivity contribution >= 4 is 23.5 Å². The molecular weight excluding hydrogens is 424 g/mol. The molecule has 0 fully saturated rings. The third kappa shape index (κ3) is 7.42. The summed E-state index contributed by atoms with van der Waals surface area (Å²) in [6.45, 7) is 0.444. The molecule has 0 aliphatic heterocycles. The van der Waals surface area contributed by atoms with Gasteiger partial charge in [0.05, 0.1) is 32.0 Å². The second kappa shape index (κ2) is 11.9. The van der Waals surface area contributed by atoms with E-state index in [1.165, 1.54) is 6.26 Å². The van der Waals surface area contributed by atoms with Crippen LogP contribution in [0.15, 0.2) is 71.3 Å². The van der Waals surface area contributed by atoms with Crippen LogP contribution in [0.2, 0.25) is 0 Å². The lowest BCUT2D eigenvalue weighted by molar-refractivity contribution is -0.118. The predicted octanol–water partition coefficient (Wildman–Crippen LogP) is 2.70. The minimum atomic E-state index is -0.636. The van der Waals surface area contributed by atoms with Crippen molar-refractivity contribution in [2.24, 2.45) is 0 Å². The van der Waals surface area contributed by atoms with Crippen LogP contribution in [0.4, 0.5) is 10.5 Å². The first-order valence-corrected chi connectivity index (χ1v) is 10.4. The average Bonchev–Trinajstić information content (AvgIpc) is 3.36. The van der Waals surface area contributed by atoms with Crippen molar-refractivity contribution in [3.05, 3.63) is 83.8 Å². The molecule has 0 aliphatic carbocycles. The summed E-state index contributed by atoms with van der Waals surface area (Å²) in [5.41, 5.74) is 1.97. The van der Waals surface area contributed by atoms with E-state index < -0.39 is 11.9 Å². The molecule has 33 heavy (non-hydrogen) atoms. The van der Waals surface area contributed by atoms with Crippen LogP contribution < -0.4 is 26.0 Å². The number of urea groups is 1. The third-order valence-electron chi connectivity index (χ3n) is 4.73. The molecule has 4 N–H and O–H groups in total. The molecule has 0 spiro atoms. The van der Waals surface area contributed by atoms with Crippen molar-refractivity contribution in [2.45, 2.75) is 13.0 Å². The number of anilines is 1. The van der Waals surface area contributed by atoms with E-state index in [1.807, 2.05) is 24.3 Å². The fraction of sp³-hybridized carbons (Fsp3) is 0.208. The first-order valence-electron chi connectivity index (χ1n) is 10.4. The summed E-state index contributed by atoms with van der Waals surface area (Å²) in [4.78, 5) is 36.5. The standard InChI is InChI=1S/C24H26N4O5/c1-32-18-10-8-17(9-11-18)12-13-25-23(30)20-6-2-3-7-21(20)26-16-22(29)28-24(31)27-15-19-5-4-14-33-19/h2-11,14,26H,12-13,15-16H2,1H3,(H,25,30)(H2,27,28,29,31). The summed E-state index contributed by atoms with van der Waals surface area (Å²) < 4.78 is 10.2. The molecular formula is C24H26N4O5. The van der Waals surface area contributed by atoms with Gasteiger partial charge >= 0.3 is 6.03 Å². The van der Waals surface area contributed by atoms with Crippen LogP contribution in [0.1, 0.15) is 21.7 Å². The summed E-state index contributed by atoms with van der Waals surface area (Å²) in [5.74, 6) is 0.550. The van der Waals surface area contributed by atoms with E-state index in [9.17, 15) is 14.4 Å². The topological polar surface area (TPSA) is 122 Å². The Balaban J connectivity index is 1.44. The maximum atomic E-state index is 12.6. The Morgan fingerprint density at radius 2 is 1.73 bits per heavy atom. The zero-order chi connectivity index (χ0) is 23.5. The third-order valence-corrected chi connectivity index (χ3v) is 4.73. The molecule has 0 saturated heterocycles. The number of nitrogens with one attached hydrogen (secondary N) is 4. The van der Waals surface area contributed by atoms with Crippen LogP contribution >= 0.6 is 0 Å². The SMILES string of the molecule is COc1ccc(CCNC(=O)c2ccccc2NCC(=O)NC(=O)NCc2ccco2)cc1. The van der Waals surface area contributed by atoms with Gasteiger partial charge in [-0.1, -0.05) is 24.3 Å². The molecule has 0 atom stereocenters. The van der Waals surface area contributed by atoms with Gasteiger partial charge in [0.25, 0.3) is 5.91 Å². The predicted molar refractivity (Wildman–Crippen MR) is 123 cm³/mol. The first-order chi connectivity index (χ1) is 16.0. The van der Waals surface area contributed by atoms with Crippen molar-refractivity contribution in [1.82, 2.24) is 16.0 Å². The molecule has 9 nitrogen and oxygen atoms in total. The number of furan rings is 1. The van der Waals surface area contributed by atoms with Crippen LogP contribution in [0.5, 0.6) is 5.75 Å². The molecule has 9 heteroatoms. The number of carbonyl (C=O) groups is 3. The molecule has 0 saturated carbocycles. The van der Waals surface area contributed by atoms with Crippen molar-refractivity contribution < 1.29 is 23.5 Å². The van der Waals surface area contributed by atoms with Gasteiger partial charge in [0.2, 0.25) is 5.91 Å². The summed E-state index contributed by atoms with van der Waals surface area (Å²) in [5, 5.41) is 10.5. The van der Waals surface area contributed by atoms with Crippen LogP contribution in [0.3, 0.4) is 0 Å². The van der Waals surface area contributed by atoms with Crippen LogP contribution in [0, 0.1) is 0 Å². The Bertz CT molecular complexity index is 1060. The molecule has 0 bridgehead atoms. The van der Waals surface area contributed by atoms with Crippen LogP contribution in [-0.2, 0) is 17.8 Å². The number of imide groups is 1. The Kier molecular flexibility index (Phi) is 8.47. The van der Waals surface area contributed by atoms with Crippen LogP contribution in [-0.4, -0.2) is 38.0 Å². The van der Waals surface area contributed by atoms with E-state index in [4.69, 9.17) is 9.15 Å². The van der Waals surface area contributed by atoms with Gasteiger partial charge in [-0.2, -0.15) is 0 Å². The smallest absolute Gasteiger partial charge is 0.321 e. The zero-order valence-corrected chi connectivity index (χ0v) is 18.2. The average molecular weight is 450 g/mol. The molecule has 4 amide bonds. The summed E-state index contributed by atoms with van der Waals surface area (Å²) >= 11 is 0. The summed E-state index contributed by atoms with van der Waals surface area (Å²) in [6.07, 6.45) is 2.16. The largest absolute Gasteiger partial charge is 0.497 e. The number of hydrogen-bond donors (Lipinski definition) is 4. The van der Waals surface area contributed by atoms with Gasteiger partial charge in [-0.15, -0.1) is 0 Å². The fourth-order valence-corrected chi connectivity index (χ4v) is 3.01. The van der Waals surface area contributed by atoms with E-state index >= 15 is 0 Å². The Labute approximate surface area is 191 Å². The Morgan fingerprint density at radius 1 is 0.939 bits per heavy atom. The number of benzene rings is 2. The minimum Gasteiger partial charge on any atom is -0.497 e. The number of amides is 4. The lowest BCUT2D eigenvalue weighted by Gasteiger charge is -2.12. The van der Waals surface area contributed by atoms with E-state index in [-0.39, 0.29) is 19.0 Å². The van der Waals surface area contributed by atoms with Crippen LogP contribution in [0.25, 0.3) is 0 Å². The number of ether oxygens (including phenoxy) is 1. The fourth-order valence-electron chi connectivity index (χ4n) is 3.01.